The molecule has 3 rings (SSSR count). The van der Waals surface area contributed by atoms with Gasteiger partial charge in [-0.05, 0) is 30.9 Å². The summed E-state index contributed by atoms with van der Waals surface area (Å²) in [6, 6.07) is 9.48. The van der Waals surface area contributed by atoms with E-state index in [2.05, 4.69) is 9.97 Å². The lowest BCUT2D eigenvalue weighted by Crippen LogP contribution is -2.46. The number of rotatable bonds is 5. The van der Waals surface area contributed by atoms with Gasteiger partial charge in [0.25, 0.3) is 5.56 Å². The van der Waals surface area contributed by atoms with E-state index in [4.69, 9.17) is 4.74 Å². The molecule has 25 heavy (non-hydrogen) atoms. The summed E-state index contributed by atoms with van der Waals surface area (Å²) in [7, 11) is 0. The fourth-order valence-electron chi connectivity index (χ4n) is 3.06. The number of nitrogens with one attached hydrogen (secondary N) is 1. The van der Waals surface area contributed by atoms with Gasteiger partial charge in [-0.15, -0.1) is 0 Å². The molecule has 1 aromatic carbocycles. The minimum Gasteiger partial charge on any atom is -0.375 e. The van der Waals surface area contributed by atoms with Crippen LogP contribution < -0.4 is 5.56 Å². The second kappa shape index (κ2) is 8.07. The van der Waals surface area contributed by atoms with E-state index in [1.165, 1.54) is 12.4 Å². The SMILES string of the molecule is Cc1ccccc1CC(=O)N1CCO[C@H](CCc2cc(=O)[nH]cn2)C1. The minimum atomic E-state index is -0.149. The lowest BCUT2D eigenvalue weighted by molar-refractivity contribution is -0.138. The summed E-state index contributed by atoms with van der Waals surface area (Å²) in [5.74, 6) is 0.136. The van der Waals surface area contributed by atoms with Gasteiger partial charge < -0.3 is 14.6 Å². The van der Waals surface area contributed by atoms with E-state index in [-0.39, 0.29) is 17.6 Å². The third kappa shape index (κ3) is 4.76. The van der Waals surface area contributed by atoms with Crippen molar-refractivity contribution in [3.05, 3.63) is 63.8 Å². The molecule has 1 saturated heterocycles. The van der Waals surface area contributed by atoms with Crippen molar-refractivity contribution in [3.8, 4) is 0 Å². The van der Waals surface area contributed by atoms with Crippen LogP contribution in [0.4, 0.5) is 0 Å². The maximum atomic E-state index is 12.6. The molecule has 0 saturated carbocycles. The van der Waals surface area contributed by atoms with Crippen LogP contribution in [0.5, 0.6) is 0 Å². The number of hydrogen-bond acceptors (Lipinski definition) is 4. The smallest absolute Gasteiger partial charge is 0.250 e. The zero-order chi connectivity index (χ0) is 17.6. The Labute approximate surface area is 146 Å². The van der Waals surface area contributed by atoms with Crippen LogP contribution in [0.3, 0.4) is 0 Å². The molecule has 6 nitrogen and oxygen atoms in total. The number of carbonyl (C=O) groups is 1. The number of hydrogen-bond donors (Lipinski definition) is 1. The number of H-pyrrole nitrogens is 1. The Morgan fingerprint density at radius 2 is 2.24 bits per heavy atom. The third-order valence-corrected chi connectivity index (χ3v) is 4.55. The number of benzene rings is 1. The first-order valence-electron chi connectivity index (χ1n) is 8.59. The Hall–Kier alpha value is -2.47. The van der Waals surface area contributed by atoms with Gasteiger partial charge in [-0.1, -0.05) is 24.3 Å². The topological polar surface area (TPSA) is 75.3 Å². The number of nitrogens with zero attached hydrogens (tertiary/aromatic N) is 2. The fourth-order valence-corrected chi connectivity index (χ4v) is 3.06. The highest BCUT2D eigenvalue weighted by atomic mass is 16.5. The molecule has 1 atom stereocenters. The summed E-state index contributed by atoms with van der Waals surface area (Å²) >= 11 is 0. The lowest BCUT2D eigenvalue weighted by atomic mass is 10.0. The van der Waals surface area contributed by atoms with Crippen molar-refractivity contribution in [1.82, 2.24) is 14.9 Å². The van der Waals surface area contributed by atoms with Crippen molar-refractivity contribution in [1.29, 1.82) is 0 Å². The van der Waals surface area contributed by atoms with E-state index in [1.807, 2.05) is 36.1 Å². The second-order valence-electron chi connectivity index (χ2n) is 6.38. The van der Waals surface area contributed by atoms with Crippen LogP contribution in [0, 0.1) is 6.92 Å². The van der Waals surface area contributed by atoms with Gasteiger partial charge in [-0.3, -0.25) is 9.59 Å². The van der Waals surface area contributed by atoms with Crippen LogP contribution >= 0.6 is 0 Å². The predicted molar refractivity (Wildman–Crippen MR) is 94.4 cm³/mol. The Bertz CT molecular complexity index is 787. The summed E-state index contributed by atoms with van der Waals surface area (Å²) in [4.78, 5) is 32.4. The highest BCUT2D eigenvalue weighted by Crippen LogP contribution is 2.14. The Balaban J connectivity index is 1.54. The molecule has 1 N–H and O–H groups in total. The molecule has 132 valence electrons. The molecule has 6 heteroatoms. The standard InChI is InChI=1S/C19H23N3O3/c1-14-4-2-3-5-15(14)10-19(24)22-8-9-25-17(12-22)7-6-16-11-18(23)21-13-20-16/h2-5,11,13,17H,6-10,12H2,1H3,(H,20,21,23)/t17-/m1/s1. The zero-order valence-electron chi connectivity index (χ0n) is 14.4. The molecule has 1 aliphatic rings. The average molecular weight is 341 g/mol. The minimum absolute atomic E-state index is 0.0179. The molecule has 1 amide bonds. The second-order valence-corrected chi connectivity index (χ2v) is 6.38. The molecule has 0 unspecified atom stereocenters. The van der Waals surface area contributed by atoms with Gasteiger partial charge in [-0.2, -0.15) is 0 Å². The van der Waals surface area contributed by atoms with Gasteiger partial charge in [0.1, 0.15) is 0 Å². The Morgan fingerprint density at radius 1 is 1.40 bits per heavy atom. The van der Waals surface area contributed by atoms with Gasteiger partial charge in [-0.25, -0.2) is 4.98 Å². The normalized spacial score (nSPS) is 17.5. The third-order valence-electron chi connectivity index (χ3n) is 4.55. The summed E-state index contributed by atoms with van der Waals surface area (Å²) in [5, 5.41) is 0. The molecule has 1 aliphatic heterocycles. The van der Waals surface area contributed by atoms with E-state index in [1.54, 1.807) is 0 Å². The lowest BCUT2D eigenvalue weighted by Gasteiger charge is -2.33. The van der Waals surface area contributed by atoms with Crippen LogP contribution in [-0.4, -0.2) is 46.6 Å². The van der Waals surface area contributed by atoms with E-state index in [9.17, 15) is 9.59 Å². The fraction of sp³-hybridized carbons (Fsp3) is 0.421. The van der Waals surface area contributed by atoms with Crippen molar-refractivity contribution in [2.75, 3.05) is 19.7 Å². The van der Waals surface area contributed by atoms with Gasteiger partial charge in [0.15, 0.2) is 0 Å². The number of aromatic nitrogens is 2. The molecule has 0 spiro atoms. The highest BCUT2D eigenvalue weighted by Gasteiger charge is 2.24. The maximum absolute atomic E-state index is 12.6. The van der Waals surface area contributed by atoms with Crippen LogP contribution in [0.2, 0.25) is 0 Å². The maximum Gasteiger partial charge on any atom is 0.250 e. The summed E-state index contributed by atoms with van der Waals surface area (Å²) < 4.78 is 5.78. The molecule has 0 radical (unpaired) electrons. The monoisotopic (exact) mass is 341 g/mol. The van der Waals surface area contributed by atoms with Gasteiger partial charge in [0, 0.05) is 24.8 Å². The van der Waals surface area contributed by atoms with E-state index in [0.29, 0.717) is 32.5 Å². The number of morpholine rings is 1. The Kier molecular flexibility index (Phi) is 5.60. The van der Waals surface area contributed by atoms with Crippen LogP contribution in [-0.2, 0) is 22.4 Å². The molecule has 2 heterocycles. The van der Waals surface area contributed by atoms with Gasteiger partial charge in [0.05, 0.1) is 25.5 Å². The van der Waals surface area contributed by atoms with Crippen molar-refractivity contribution in [3.63, 3.8) is 0 Å². The number of ether oxygens (including phenoxy) is 1. The van der Waals surface area contributed by atoms with Crippen LogP contribution in [0.25, 0.3) is 0 Å². The largest absolute Gasteiger partial charge is 0.375 e. The first-order chi connectivity index (χ1) is 12.1. The Morgan fingerprint density at radius 3 is 3.04 bits per heavy atom. The van der Waals surface area contributed by atoms with Crippen LogP contribution in [0.15, 0.2) is 41.5 Å². The molecule has 1 aromatic heterocycles. The number of aromatic amines is 1. The molecule has 0 bridgehead atoms. The molecule has 2 aromatic rings. The quantitative estimate of drug-likeness (QED) is 0.894. The molecular formula is C19H23N3O3. The van der Waals surface area contributed by atoms with Crippen molar-refractivity contribution in [2.45, 2.75) is 32.3 Å². The molecular weight excluding hydrogens is 318 g/mol. The number of carbonyl (C=O) groups excluding carboxylic acids is 1. The van der Waals surface area contributed by atoms with Crippen molar-refractivity contribution < 1.29 is 9.53 Å². The van der Waals surface area contributed by atoms with Crippen LogP contribution in [0.1, 0.15) is 23.2 Å². The van der Waals surface area contributed by atoms with E-state index in [0.717, 1.165) is 23.2 Å². The first-order valence-corrected chi connectivity index (χ1v) is 8.59. The number of aryl methyl sites for hydroxylation is 2. The summed E-state index contributed by atoms with van der Waals surface area (Å²) in [5.41, 5.74) is 2.81. The van der Waals surface area contributed by atoms with Gasteiger partial charge >= 0.3 is 0 Å². The molecule has 1 fully saturated rings. The highest BCUT2D eigenvalue weighted by molar-refractivity contribution is 5.79. The van der Waals surface area contributed by atoms with E-state index < -0.39 is 0 Å². The number of amides is 1. The van der Waals surface area contributed by atoms with Crippen molar-refractivity contribution >= 4 is 5.91 Å². The first kappa shape index (κ1) is 17.4. The zero-order valence-corrected chi connectivity index (χ0v) is 14.4. The van der Waals surface area contributed by atoms with Gasteiger partial charge in [0.2, 0.25) is 5.91 Å². The van der Waals surface area contributed by atoms with E-state index >= 15 is 0 Å². The van der Waals surface area contributed by atoms with Crippen molar-refractivity contribution in [2.24, 2.45) is 0 Å². The summed E-state index contributed by atoms with van der Waals surface area (Å²) in [6.45, 7) is 3.80. The molecule has 0 aliphatic carbocycles. The predicted octanol–water partition coefficient (Wildman–Crippen LogP) is 1.48. The average Bonchev–Trinajstić information content (AvgIpc) is 2.62. The summed E-state index contributed by atoms with van der Waals surface area (Å²) in [6.07, 6.45) is 3.22.